The molecule has 1 saturated heterocycles. The zero-order valence-electron chi connectivity index (χ0n) is 17.4. The summed E-state index contributed by atoms with van der Waals surface area (Å²) < 4.78 is 4.83. The van der Waals surface area contributed by atoms with Crippen LogP contribution in [0, 0.1) is 5.92 Å². The molecule has 2 rings (SSSR count). The van der Waals surface area contributed by atoms with E-state index in [1.54, 1.807) is 12.1 Å². The third kappa shape index (κ3) is 11.5. The molecule has 1 atom stereocenters. The van der Waals surface area contributed by atoms with Gasteiger partial charge in [0.25, 0.3) is 11.8 Å². The molecule has 1 aliphatic rings. The zero-order chi connectivity index (χ0) is 21.8. The Bertz CT molecular complexity index is 507. The van der Waals surface area contributed by atoms with Crippen LogP contribution in [-0.2, 0) is 14.3 Å². The maximum atomic E-state index is 12.1. The van der Waals surface area contributed by atoms with Crippen molar-refractivity contribution in [3.05, 3.63) is 43.5 Å². The molecule has 0 radical (unpaired) electrons. The molecule has 1 aromatic rings. The molecule has 1 aromatic carbocycles. The second-order valence-corrected chi connectivity index (χ2v) is 5.41. The third-order valence-electron chi connectivity index (χ3n) is 3.43. The molecule has 7 heteroatoms. The van der Waals surface area contributed by atoms with Crippen LogP contribution in [0.2, 0.25) is 0 Å². The monoisotopic (exact) mass is 396 g/mol. The van der Waals surface area contributed by atoms with Crippen molar-refractivity contribution in [2.45, 2.75) is 40.0 Å². The summed E-state index contributed by atoms with van der Waals surface area (Å²) in [5.74, 6) is -0.850. The molecule has 1 fully saturated rings. The summed E-state index contributed by atoms with van der Waals surface area (Å²) in [5, 5.41) is 16.6. The fourth-order valence-electron chi connectivity index (χ4n) is 2.15. The van der Waals surface area contributed by atoms with Gasteiger partial charge in [0, 0.05) is 13.2 Å². The first-order valence-electron chi connectivity index (χ1n) is 9.56. The Kier molecular flexibility index (Phi) is 19.5. The fourth-order valence-corrected chi connectivity index (χ4v) is 2.15. The van der Waals surface area contributed by atoms with E-state index in [2.05, 4.69) is 18.6 Å². The highest BCUT2D eigenvalue weighted by Crippen LogP contribution is 2.22. The molecule has 0 saturated carbocycles. The van der Waals surface area contributed by atoms with Crippen molar-refractivity contribution in [3.8, 4) is 0 Å². The standard InChI is InChI=1S/C13H16N2O2.C4H10O.C2H6O2.C2H4/c1-2-3-9-11-12(16)14-15(13(11)17)10-7-5-4-6-8-10;1-3-5-4-2;3-1-2-4;1-2/h4-8,11H,2-3,9H2,1H3,(H,14,16);3-4H2,1-2H3;3-4H,1-2H2;1-2H2. The van der Waals surface area contributed by atoms with E-state index in [4.69, 9.17) is 14.9 Å². The average molecular weight is 397 g/mol. The fraction of sp³-hybridized carbons (Fsp3) is 0.524. The molecule has 7 nitrogen and oxygen atoms in total. The Hall–Kier alpha value is -2.22. The highest BCUT2D eigenvalue weighted by Gasteiger charge is 2.39. The normalized spacial score (nSPS) is 14.6. The van der Waals surface area contributed by atoms with Gasteiger partial charge in [0.2, 0.25) is 0 Å². The second kappa shape index (κ2) is 19.5. The third-order valence-corrected chi connectivity index (χ3v) is 3.43. The van der Waals surface area contributed by atoms with Crippen molar-refractivity contribution < 1.29 is 24.5 Å². The molecule has 160 valence electrons. The number of anilines is 1. The lowest BCUT2D eigenvalue weighted by atomic mass is 10.0. The number of aliphatic hydroxyl groups is 2. The van der Waals surface area contributed by atoms with Crippen LogP contribution in [0.25, 0.3) is 0 Å². The number of nitrogens with zero attached hydrogens (tertiary/aromatic N) is 1. The second-order valence-electron chi connectivity index (χ2n) is 5.41. The van der Waals surface area contributed by atoms with Crippen molar-refractivity contribution in [1.82, 2.24) is 5.43 Å². The smallest absolute Gasteiger partial charge is 0.258 e. The lowest BCUT2D eigenvalue weighted by Gasteiger charge is -2.14. The minimum absolute atomic E-state index is 0.125. The van der Waals surface area contributed by atoms with E-state index in [1.165, 1.54) is 5.01 Å². The number of hydrogen-bond donors (Lipinski definition) is 3. The van der Waals surface area contributed by atoms with Crippen LogP contribution in [0.4, 0.5) is 5.69 Å². The maximum Gasteiger partial charge on any atom is 0.258 e. The number of para-hydroxylation sites is 1. The summed E-state index contributed by atoms with van der Waals surface area (Å²) in [6.07, 6.45) is 2.51. The quantitative estimate of drug-likeness (QED) is 0.486. The number of amides is 2. The van der Waals surface area contributed by atoms with E-state index in [9.17, 15) is 9.59 Å². The molecule has 3 N–H and O–H groups in total. The van der Waals surface area contributed by atoms with E-state index in [1.807, 2.05) is 39.0 Å². The Morgan fingerprint density at radius 1 is 1.04 bits per heavy atom. The number of unbranched alkanes of at least 4 members (excludes halogenated alkanes) is 1. The zero-order valence-corrected chi connectivity index (χ0v) is 17.4. The molecule has 1 aliphatic heterocycles. The van der Waals surface area contributed by atoms with Crippen LogP contribution in [0.1, 0.15) is 40.0 Å². The molecule has 0 aromatic heterocycles. The van der Waals surface area contributed by atoms with Crippen molar-refractivity contribution in [3.63, 3.8) is 0 Å². The minimum atomic E-state index is -0.518. The van der Waals surface area contributed by atoms with Crippen LogP contribution in [0.3, 0.4) is 0 Å². The van der Waals surface area contributed by atoms with Crippen molar-refractivity contribution in [2.24, 2.45) is 5.92 Å². The van der Waals surface area contributed by atoms with Crippen LogP contribution >= 0.6 is 0 Å². The molecule has 1 unspecified atom stereocenters. The van der Waals surface area contributed by atoms with Crippen molar-refractivity contribution >= 4 is 17.5 Å². The van der Waals surface area contributed by atoms with Gasteiger partial charge < -0.3 is 14.9 Å². The molecular formula is C21H36N2O5. The molecule has 0 spiro atoms. The number of hydrazine groups is 1. The lowest BCUT2D eigenvalue weighted by Crippen LogP contribution is -2.35. The number of nitrogens with one attached hydrogen (secondary N) is 1. The summed E-state index contributed by atoms with van der Waals surface area (Å²) in [7, 11) is 0. The van der Waals surface area contributed by atoms with Gasteiger partial charge in [0.1, 0.15) is 5.92 Å². The number of aliphatic hydroxyl groups excluding tert-OH is 2. The number of rotatable bonds is 7. The first-order valence-corrected chi connectivity index (χ1v) is 9.56. The van der Waals surface area contributed by atoms with E-state index in [0.29, 0.717) is 12.1 Å². The van der Waals surface area contributed by atoms with Crippen LogP contribution < -0.4 is 10.4 Å². The first-order chi connectivity index (χ1) is 13.6. The van der Waals surface area contributed by atoms with Gasteiger partial charge in [0.15, 0.2) is 0 Å². The summed E-state index contributed by atoms with van der Waals surface area (Å²) in [4.78, 5) is 23.8. The number of hydrogen-bond acceptors (Lipinski definition) is 5. The molecule has 2 amide bonds. The van der Waals surface area contributed by atoms with Crippen LogP contribution in [0.5, 0.6) is 0 Å². The average Bonchev–Trinajstić information content (AvgIpc) is 3.03. The largest absolute Gasteiger partial charge is 0.394 e. The Labute approximate surface area is 169 Å². The van der Waals surface area contributed by atoms with Crippen LogP contribution in [-0.4, -0.2) is 48.5 Å². The van der Waals surface area contributed by atoms with E-state index >= 15 is 0 Å². The topological polar surface area (TPSA) is 99.1 Å². The van der Waals surface area contributed by atoms with Gasteiger partial charge >= 0.3 is 0 Å². The maximum absolute atomic E-state index is 12.1. The van der Waals surface area contributed by atoms with E-state index in [-0.39, 0.29) is 25.0 Å². The Balaban J connectivity index is 0. The lowest BCUT2D eigenvalue weighted by molar-refractivity contribution is -0.127. The molecular weight excluding hydrogens is 360 g/mol. The van der Waals surface area contributed by atoms with Crippen molar-refractivity contribution in [1.29, 1.82) is 0 Å². The molecule has 0 bridgehead atoms. The van der Waals surface area contributed by atoms with Crippen molar-refractivity contribution in [2.75, 3.05) is 31.4 Å². The summed E-state index contributed by atoms with van der Waals surface area (Å²) in [6.45, 7) is 13.5. The van der Waals surface area contributed by atoms with Gasteiger partial charge in [-0.1, -0.05) is 38.0 Å². The molecule has 0 aliphatic carbocycles. The van der Waals surface area contributed by atoms with Gasteiger partial charge in [-0.25, -0.2) is 5.01 Å². The number of benzene rings is 1. The van der Waals surface area contributed by atoms with Gasteiger partial charge in [0.05, 0.1) is 18.9 Å². The van der Waals surface area contributed by atoms with Gasteiger partial charge in [-0.2, -0.15) is 0 Å². The minimum Gasteiger partial charge on any atom is -0.394 e. The van der Waals surface area contributed by atoms with E-state index in [0.717, 1.165) is 26.1 Å². The predicted octanol–water partition coefficient (Wildman–Crippen LogP) is 2.69. The molecule has 1 heterocycles. The van der Waals surface area contributed by atoms with E-state index < -0.39 is 5.92 Å². The summed E-state index contributed by atoms with van der Waals surface area (Å²) in [6, 6.07) is 9.17. The van der Waals surface area contributed by atoms with Gasteiger partial charge in [-0.05, 0) is 32.4 Å². The molecule has 28 heavy (non-hydrogen) atoms. The number of carbonyl (C=O) groups excluding carboxylic acids is 2. The Morgan fingerprint density at radius 2 is 1.57 bits per heavy atom. The summed E-state index contributed by atoms with van der Waals surface area (Å²) in [5.41, 5.74) is 3.34. The highest BCUT2D eigenvalue weighted by atomic mass is 16.5. The number of ether oxygens (including phenoxy) is 1. The van der Waals surface area contributed by atoms with Gasteiger partial charge in [-0.15, -0.1) is 13.2 Å². The van der Waals surface area contributed by atoms with Crippen LogP contribution in [0.15, 0.2) is 43.5 Å². The first kappa shape index (κ1) is 28.0. The highest BCUT2D eigenvalue weighted by molar-refractivity contribution is 6.14. The number of carbonyl (C=O) groups is 2. The summed E-state index contributed by atoms with van der Waals surface area (Å²) >= 11 is 0. The SMILES string of the molecule is C=C.CCCCC1C(=O)NN(c2ccccc2)C1=O.CCOCC.OCCO. The predicted molar refractivity (Wildman–Crippen MR) is 113 cm³/mol. The van der Waals surface area contributed by atoms with Gasteiger partial charge in [-0.3, -0.25) is 15.0 Å². The Morgan fingerprint density at radius 3 is 1.96 bits per heavy atom.